The topological polar surface area (TPSA) is 72.9 Å². The van der Waals surface area contributed by atoms with Crippen LogP contribution in [0.15, 0.2) is 42.6 Å². The Morgan fingerprint density at radius 3 is 2.32 bits per heavy atom. The van der Waals surface area contributed by atoms with Gasteiger partial charge in [0.2, 0.25) is 0 Å². The largest absolute Gasteiger partial charge is 0.434 e. The Morgan fingerprint density at radius 1 is 1.11 bits per heavy atom. The van der Waals surface area contributed by atoms with Gasteiger partial charge in [-0.25, -0.2) is 4.68 Å². The molecule has 0 atom stereocenters. The second-order valence-corrected chi connectivity index (χ2v) is 6.85. The molecule has 0 spiro atoms. The van der Waals surface area contributed by atoms with Gasteiger partial charge < -0.3 is 11.1 Å². The Balaban J connectivity index is 2.03. The number of nitrogen functional groups attached to an aromatic ring is 1. The number of nitrogens with one attached hydrogen (secondary N) is 1. The zero-order chi connectivity index (χ0) is 20.6. The predicted octanol–water partition coefficient (Wildman–Crippen LogP) is 5.69. The maximum Gasteiger partial charge on any atom is 0.434 e. The fourth-order valence-electron chi connectivity index (χ4n) is 2.45. The summed E-state index contributed by atoms with van der Waals surface area (Å²) < 4.78 is 41.6. The van der Waals surface area contributed by atoms with E-state index in [-0.39, 0.29) is 32.1 Å². The van der Waals surface area contributed by atoms with Crippen molar-refractivity contribution in [3.8, 4) is 5.69 Å². The van der Waals surface area contributed by atoms with E-state index in [1.165, 1.54) is 36.4 Å². The van der Waals surface area contributed by atoms with Crippen molar-refractivity contribution >= 4 is 52.1 Å². The highest BCUT2D eigenvalue weighted by molar-refractivity contribution is 6.39. The second kappa shape index (κ2) is 7.54. The summed E-state index contributed by atoms with van der Waals surface area (Å²) in [4.78, 5) is 12.5. The minimum Gasteiger partial charge on any atom is -0.396 e. The van der Waals surface area contributed by atoms with Crippen LogP contribution in [0.5, 0.6) is 0 Å². The lowest BCUT2D eigenvalue weighted by Crippen LogP contribution is -2.20. The van der Waals surface area contributed by atoms with Crippen molar-refractivity contribution < 1.29 is 18.0 Å². The first kappa shape index (κ1) is 20.3. The molecule has 0 saturated carbocycles. The van der Waals surface area contributed by atoms with Crippen molar-refractivity contribution in [3.05, 3.63) is 68.9 Å². The average Bonchev–Trinajstić information content (AvgIpc) is 3.05. The van der Waals surface area contributed by atoms with Crippen LogP contribution >= 0.6 is 34.8 Å². The molecule has 2 aromatic carbocycles. The maximum atomic E-state index is 13.7. The molecule has 1 heterocycles. The molecule has 0 fully saturated rings. The quantitative estimate of drug-likeness (QED) is 0.505. The van der Waals surface area contributed by atoms with Crippen LogP contribution in [0.25, 0.3) is 5.69 Å². The molecule has 3 rings (SSSR count). The fourth-order valence-corrected chi connectivity index (χ4v) is 3.12. The van der Waals surface area contributed by atoms with Crippen LogP contribution in [-0.2, 0) is 6.18 Å². The normalized spacial score (nSPS) is 11.5. The summed E-state index contributed by atoms with van der Waals surface area (Å²) in [6, 6.07) is 8.20. The number of hydrogen-bond acceptors (Lipinski definition) is 3. The molecule has 0 radical (unpaired) electrons. The summed E-state index contributed by atoms with van der Waals surface area (Å²) in [5.41, 5.74) is 3.89. The number of alkyl halides is 3. The first-order valence-corrected chi connectivity index (χ1v) is 8.68. The van der Waals surface area contributed by atoms with Crippen molar-refractivity contribution in [2.45, 2.75) is 6.18 Å². The van der Waals surface area contributed by atoms with Crippen molar-refractivity contribution in [2.75, 3.05) is 11.1 Å². The molecule has 0 saturated heterocycles. The number of nitrogens with zero attached hydrogens (tertiary/aromatic N) is 2. The molecule has 11 heteroatoms. The highest BCUT2D eigenvalue weighted by atomic mass is 35.5. The number of aromatic nitrogens is 2. The van der Waals surface area contributed by atoms with Gasteiger partial charge >= 0.3 is 6.18 Å². The van der Waals surface area contributed by atoms with Crippen LogP contribution < -0.4 is 11.1 Å². The van der Waals surface area contributed by atoms with Gasteiger partial charge in [-0.15, -0.1) is 0 Å². The number of hydrogen-bond donors (Lipinski definition) is 2. The van der Waals surface area contributed by atoms with Crippen LogP contribution in [0.4, 0.5) is 24.5 Å². The Hall–Kier alpha value is -2.42. The van der Waals surface area contributed by atoms with Crippen molar-refractivity contribution in [1.82, 2.24) is 9.78 Å². The van der Waals surface area contributed by atoms with Gasteiger partial charge in [0.1, 0.15) is 0 Å². The van der Waals surface area contributed by atoms with Gasteiger partial charge in [-0.2, -0.15) is 18.3 Å². The van der Waals surface area contributed by atoms with Crippen molar-refractivity contribution in [2.24, 2.45) is 0 Å². The monoisotopic (exact) mass is 448 g/mol. The van der Waals surface area contributed by atoms with Gasteiger partial charge in [-0.3, -0.25) is 4.79 Å². The Kier molecular flexibility index (Phi) is 5.47. The molecule has 1 amide bonds. The van der Waals surface area contributed by atoms with Crippen LogP contribution in [0.2, 0.25) is 15.1 Å². The molecule has 3 aromatic rings. The third-order valence-electron chi connectivity index (χ3n) is 3.67. The second-order valence-electron chi connectivity index (χ2n) is 5.60. The third-order valence-corrected chi connectivity index (χ3v) is 4.53. The van der Waals surface area contributed by atoms with E-state index < -0.39 is 23.3 Å². The van der Waals surface area contributed by atoms with Gasteiger partial charge in [0.15, 0.2) is 5.69 Å². The van der Waals surface area contributed by atoms with E-state index in [2.05, 4.69) is 10.4 Å². The number of amides is 1. The van der Waals surface area contributed by atoms with Gasteiger partial charge in [0.05, 0.1) is 33.2 Å². The fraction of sp³-hybridized carbons (Fsp3) is 0.0588. The standard InChI is InChI=1S/C17H10Cl3F3N4O/c18-8-2-1-3-10(4-8)27-15(17(21,22)23)11(7-25-27)16(28)26-9-5-12(19)14(24)13(20)6-9/h1-7H,24H2,(H,26,28). The number of anilines is 2. The van der Waals surface area contributed by atoms with Gasteiger partial charge in [-0.05, 0) is 30.3 Å². The molecule has 0 aliphatic carbocycles. The number of halogens is 6. The van der Waals surface area contributed by atoms with E-state index in [4.69, 9.17) is 40.5 Å². The SMILES string of the molecule is Nc1c(Cl)cc(NC(=O)c2cnn(-c3cccc(Cl)c3)c2C(F)(F)F)cc1Cl. The molecule has 0 bridgehead atoms. The van der Waals surface area contributed by atoms with Gasteiger partial charge in [0, 0.05) is 10.7 Å². The van der Waals surface area contributed by atoms with E-state index in [1.54, 1.807) is 0 Å². The number of carbonyl (C=O) groups is 1. The van der Waals surface area contributed by atoms with Crippen molar-refractivity contribution in [3.63, 3.8) is 0 Å². The molecular formula is C17H10Cl3F3N4O. The third kappa shape index (κ3) is 4.04. The number of benzene rings is 2. The number of rotatable bonds is 3. The van der Waals surface area contributed by atoms with E-state index in [9.17, 15) is 18.0 Å². The van der Waals surface area contributed by atoms with E-state index >= 15 is 0 Å². The lowest BCUT2D eigenvalue weighted by Gasteiger charge is -2.13. The molecule has 1 aromatic heterocycles. The molecule has 0 unspecified atom stereocenters. The first-order valence-electron chi connectivity index (χ1n) is 7.55. The molecule has 0 aliphatic heterocycles. The minimum atomic E-state index is -4.86. The molecule has 3 N–H and O–H groups in total. The average molecular weight is 450 g/mol. The molecule has 146 valence electrons. The zero-order valence-corrected chi connectivity index (χ0v) is 16.0. The molecular weight excluding hydrogens is 440 g/mol. The minimum absolute atomic E-state index is 0.0495. The lowest BCUT2D eigenvalue weighted by atomic mass is 10.2. The van der Waals surface area contributed by atoms with Crippen molar-refractivity contribution in [1.29, 1.82) is 0 Å². The Labute approximate surface area is 171 Å². The van der Waals surface area contributed by atoms with Crippen LogP contribution in [0, 0.1) is 0 Å². The summed E-state index contributed by atoms with van der Waals surface area (Å²) in [6.45, 7) is 0. The first-order chi connectivity index (χ1) is 13.1. The molecule has 5 nitrogen and oxygen atoms in total. The van der Waals surface area contributed by atoms with Crippen LogP contribution in [-0.4, -0.2) is 15.7 Å². The number of nitrogens with two attached hydrogens (primary N) is 1. The summed E-state index contributed by atoms with van der Waals surface area (Å²) in [5, 5.41) is 6.34. The molecule has 28 heavy (non-hydrogen) atoms. The Bertz CT molecular complexity index is 1040. The lowest BCUT2D eigenvalue weighted by molar-refractivity contribution is -0.143. The Morgan fingerprint density at radius 2 is 1.75 bits per heavy atom. The summed E-state index contributed by atoms with van der Waals surface area (Å²) in [5.74, 6) is -1.04. The van der Waals surface area contributed by atoms with E-state index in [1.807, 2.05) is 0 Å². The van der Waals surface area contributed by atoms with Gasteiger partial charge in [0.25, 0.3) is 5.91 Å². The van der Waals surface area contributed by atoms with E-state index in [0.717, 1.165) is 6.20 Å². The maximum absolute atomic E-state index is 13.7. The molecule has 0 aliphatic rings. The summed E-state index contributed by atoms with van der Waals surface area (Å²) in [7, 11) is 0. The zero-order valence-electron chi connectivity index (χ0n) is 13.7. The van der Waals surface area contributed by atoms with Gasteiger partial charge in [-0.1, -0.05) is 40.9 Å². The van der Waals surface area contributed by atoms with Crippen LogP contribution in [0.3, 0.4) is 0 Å². The smallest absolute Gasteiger partial charge is 0.396 e. The number of carbonyl (C=O) groups excluding carboxylic acids is 1. The van der Waals surface area contributed by atoms with E-state index in [0.29, 0.717) is 4.68 Å². The summed E-state index contributed by atoms with van der Waals surface area (Å²) in [6.07, 6.45) is -4.04. The predicted molar refractivity (Wildman–Crippen MR) is 102 cm³/mol. The highest BCUT2D eigenvalue weighted by Crippen LogP contribution is 2.35. The highest BCUT2D eigenvalue weighted by Gasteiger charge is 2.40. The summed E-state index contributed by atoms with van der Waals surface area (Å²) >= 11 is 17.6. The van der Waals surface area contributed by atoms with Crippen LogP contribution in [0.1, 0.15) is 16.1 Å².